The number of fused-ring (bicyclic) bond motifs is 1. The molecule has 2 aliphatic rings. The summed E-state index contributed by atoms with van der Waals surface area (Å²) in [5, 5.41) is 22.0. The Morgan fingerprint density at radius 3 is 2.73 bits per heavy atom. The zero-order valence-corrected chi connectivity index (χ0v) is 24.0. The van der Waals surface area contributed by atoms with Crippen LogP contribution in [0.1, 0.15) is 61.3 Å². The number of pyridine rings is 1. The van der Waals surface area contributed by atoms with Crippen molar-refractivity contribution < 1.29 is 24.2 Å². The summed E-state index contributed by atoms with van der Waals surface area (Å²) in [6, 6.07) is 7.65. The minimum atomic E-state index is -0.840. The topological polar surface area (TPSA) is 134 Å². The molecule has 1 saturated heterocycles. The Balaban J connectivity index is 1.65. The van der Waals surface area contributed by atoms with Gasteiger partial charge in [0.15, 0.2) is 11.5 Å². The first-order valence-electron chi connectivity index (χ1n) is 13.0. The van der Waals surface area contributed by atoms with Gasteiger partial charge >= 0.3 is 5.97 Å². The molecule has 0 bridgehead atoms. The van der Waals surface area contributed by atoms with Gasteiger partial charge in [-0.15, -0.1) is 0 Å². The van der Waals surface area contributed by atoms with Gasteiger partial charge in [0, 0.05) is 31.6 Å². The Morgan fingerprint density at radius 2 is 2.00 bits per heavy atom. The van der Waals surface area contributed by atoms with Gasteiger partial charge in [-0.1, -0.05) is 43.4 Å². The molecule has 2 N–H and O–H groups in total. The highest BCUT2D eigenvalue weighted by molar-refractivity contribution is 8.26. The minimum Gasteiger partial charge on any atom is -0.481 e. The molecule has 210 valence electrons. The molecule has 2 aromatic rings. The summed E-state index contributed by atoms with van der Waals surface area (Å²) in [6.45, 7) is 4.97. The van der Waals surface area contributed by atoms with Gasteiger partial charge in [0.2, 0.25) is 6.79 Å². The first-order chi connectivity index (χ1) is 19.2. The third-order valence-electron chi connectivity index (χ3n) is 6.64. The van der Waals surface area contributed by atoms with Crippen LogP contribution in [0, 0.1) is 18.3 Å². The Labute approximate surface area is 241 Å². The second-order valence-corrected chi connectivity index (χ2v) is 11.1. The second-order valence-electron chi connectivity index (χ2n) is 9.41. The molecule has 0 unspecified atom stereocenters. The van der Waals surface area contributed by atoms with Crippen LogP contribution in [0.3, 0.4) is 0 Å². The van der Waals surface area contributed by atoms with Crippen molar-refractivity contribution in [2.24, 2.45) is 0 Å². The molecule has 0 aliphatic carbocycles. The number of thiocarbonyl (C=S) groups is 1. The van der Waals surface area contributed by atoms with Crippen LogP contribution in [-0.4, -0.2) is 44.1 Å². The normalized spacial score (nSPS) is 15.1. The number of rotatable bonds is 12. The summed E-state index contributed by atoms with van der Waals surface area (Å²) in [7, 11) is 0. The zero-order chi connectivity index (χ0) is 28.8. The van der Waals surface area contributed by atoms with E-state index in [1.54, 1.807) is 17.6 Å². The molecule has 1 aromatic carbocycles. The van der Waals surface area contributed by atoms with Crippen molar-refractivity contribution in [2.45, 2.75) is 59.0 Å². The van der Waals surface area contributed by atoms with Crippen molar-refractivity contribution in [3.8, 4) is 17.6 Å². The minimum absolute atomic E-state index is 0.0299. The number of anilines is 1. The van der Waals surface area contributed by atoms with Crippen LogP contribution in [0.15, 0.2) is 27.9 Å². The first kappa shape index (κ1) is 29.2. The number of unbranched alkanes of at least 4 members (excludes halogenated alkanes) is 2. The number of carboxylic acids is 1. The van der Waals surface area contributed by atoms with E-state index in [2.05, 4.69) is 5.32 Å². The standard InChI is InChI=1S/C28H30N4O6S2/c1-3-10-31-25(30-15-18-8-9-21-22(12-18)38-16-37-21)19(17(2)20(14-29)26(31)35)13-23-27(36)32(28(39)40-23)11-6-4-5-7-24(33)34/h8-9,12-13,30H,3-7,10-11,15-16H2,1-2H3,(H,33,34)/b23-13+. The molecule has 4 rings (SSSR count). The fraction of sp³-hybridized carbons (Fsp3) is 0.393. The largest absolute Gasteiger partial charge is 0.481 e. The SMILES string of the molecule is CCCn1c(NCc2ccc3c(c2)OCO3)c(/C=C2/SC(=S)N(CCCCCC(=O)O)C2=O)c(C)c(C#N)c1=O. The second kappa shape index (κ2) is 13.0. The molecule has 1 aromatic heterocycles. The van der Waals surface area contributed by atoms with Crippen LogP contribution in [0.2, 0.25) is 0 Å². The van der Waals surface area contributed by atoms with E-state index in [0.29, 0.717) is 83.0 Å². The number of benzene rings is 1. The molecule has 10 nitrogen and oxygen atoms in total. The highest BCUT2D eigenvalue weighted by atomic mass is 32.2. The van der Waals surface area contributed by atoms with Crippen LogP contribution in [0.25, 0.3) is 6.08 Å². The summed E-state index contributed by atoms with van der Waals surface area (Å²) in [5.74, 6) is 0.743. The predicted molar refractivity (Wildman–Crippen MR) is 156 cm³/mol. The van der Waals surface area contributed by atoms with Crippen molar-refractivity contribution in [3.05, 3.63) is 55.7 Å². The van der Waals surface area contributed by atoms with E-state index in [-0.39, 0.29) is 30.2 Å². The molecular formula is C28H30N4O6S2. The molecule has 0 atom stereocenters. The molecule has 0 radical (unpaired) electrons. The molecular weight excluding hydrogens is 552 g/mol. The molecule has 3 heterocycles. The van der Waals surface area contributed by atoms with E-state index in [9.17, 15) is 19.6 Å². The number of aromatic nitrogens is 1. The number of carbonyl (C=O) groups excluding carboxylic acids is 1. The van der Waals surface area contributed by atoms with Crippen molar-refractivity contribution >= 4 is 52.1 Å². The lowest BCUT2D eigenvalue weighted by atomic mass is 10.0. The van der Waals surface area contributed by atoms with E-state index in [1.165, 1.54) is 16.7 Å². The zero-order valence-electron chi connectivity index (χ0n) is 22.3. The monoisotopic (exact) mass is 582 g/mol. The highest BCUT2D eigenvalue weighted by Gasteiger charge is 2.32. The average Bonchev–Trinajstić information content (AvgIpc) is 3.50. The number of hydrogen-bond acceptors (Lipinski definition) is 9. The van der Waals surface area contributed by atoms with E-state index < -0.39 is 5.97 Å². The van der Waals surface area contributed by atoms with Gasteiger partial charge in [-0.25, -0.2) is 0 Å². The molecule has 1 fully saturated rings. The number of nitriles is 1. The number of thioether (sulfide) groups is 1. The lowest BCUT2D eigenvalue weighted by Crippen LogP contribution is -2.29. The predicted octanol–water partition coefficient (Wildman–Crippen LogP) is 4.63. The highest BCUT2D eigenvalue weighted by Crippen LogP contribution is 2.36. The number of nitrogens with zero attached hydrogens (tertiary/aromatic N) is 3. The Hall–Kier alpha value is -3.82. The summed E-state index contributed by atoms with van der Waals surface area (Å²) in [5.41, 5.74) is 1.60. The van der Waals surface area contributed by atoms with Crippen LogP contribution < -0.4 is 20.3 Å². The van der Waals surface area contributed by atoms with Gasteiger partial charge in [-0.3, -0.25) is 23.9 Å². The Kier molecular flexibility index (Phi) is 9.50. The van der Waals surface area contributed by atoms with Gasteiger partial charge in [0.05, 0.1) is 4.91 Å². The summed E-state index contributed by atoms with van der Waals surface area (Å²) in [6.07, 6.45) is 4.29. The molecule has 1 amide bonds. The third kappa shape index (κ3) is 6.32. The van der Waals surface area contributed by atoms with Gasteiger partial charge in [0.1, 0.15) is 21.8 Å². The number of aliphatic carboxylic acids is 1. The third-order valence-corrected chi connectivity index (χ3v) is 8.02. The van der Waals surface area contributed by atoms with Crippen molar-refractivity contribution in [1.82, 2.24) is 9.47 Å². The lowest BCUT2D eigenvalue weighted by molar-refractivity contribution is -0.137. The fourth-order valence-electron chi connectivity index (χ4n) is 4.57. The summed E-state index contributed by atoms with van der Waals surface area (Å²) >= 11 is 6.65. The van der Waals surface area contributed by atoms with Gasteiger partial charge in [-0.05, 0) is 55.5 Å². The van der Waals surface area contributed by atoms with E-state index in [4.69, 9.17) is 26.8 Å². The van der Waals surface area contributed by atoms with Crippen LogP contribution >= 0.6 is 24.0 Å². The number of amides is 1. The lowest BCUT2D eigenvalue weighted by Gasteiger charge is -2.20. The quantitative estimate of drug-likeness (QED) is 0.207. The average molecular weight is 583 g/mol. The summed E-state index contributed by atoms with van der Waals surface area (Å²) in [4.78, 5) is 39.2. The number of ether oxygens (including phenoxy) is 2. The maximum absolute atomic E-state index is 13.3. The molecule has 0 saturated carbocycles. The van der Waals surface area contributed by atoms with Crippen LogP contribution in [-0.2, 0) is 22.7 Å². The Morgan fingerprint density at radius 1 is 1.23 bits per heavy atom. The molecule has 2 aliphatic heterocycles. The fourth-order valence-corrected chi connectivity index (χ4v) is 5.86. The van der Waals surface area contributed by atoms with Gasteiger partial charge in [-0.2, -0.15) is 5.26 Å². The molecule has 0 spiro atoms. The van der Waals surface area contributed by atoms with Crippen molar-refractivity contribution in [2.75, 3.05) is 18.7 Å². The molecule has 12 heteroatoms. The van der Waals surface area contributed by atoms with Crippen molar-refractivity contribution in [3.63, 3.8) is 0 Å². The van der Waals surface area contributed by atoms with Crippen molar-refractivity contribution in [1.29, 1.82) is 5.26 Å². The first-order valence-corrected chi connectivity index (χ1v) is 14.2. The van der Waals surface area contributed by atoms with E-state index in [0.717, 1.165) is 5.56 Å². The maximum atomic E-state index is 13.3. The number of carboxylic acid groups (broad SMARTS) is 1. The number of hydrogen-bond donors (Lipinski definition) is 2. The smallest absolute Gasteiger partial charge is 0.303 e. The van der Waals surface area contributed by atoms with Gasteiger partial charge < -0.3 is 19.9 Å². The van der Waals surface area contributed by atoms with Gasteiger partial charge in [0.25, 0.3) is 11.5 Å². The van der Waals surface area contributed by atoms with E-state index >= 15 is 0 Å². The van der Waals surface area contributed by atoms with Crippen LogP contribution in [0.5, 0.6) is 11.5 Å². The van der Waals surface area contributed by atoms with Crippen LogP contribution in [0.4, 0.5) is 5.82 Å². The number of nitrogens with one attached hydrogen (secondary N) is 1. The maximum Gasteiger partial charge on any atom is 0.303 e. The Bertz CT molecular complexity index is 1480. The summed E-state index contributed by atoms with van der Waals surface area (Å²) < 4.78 is 12.8. The number of carbonyl (C=O) groups is 2. The van der Waals surface area contributed by atoms with E-state index in [1.807, 2.05) is 31.2 Å². The molecule has 40 heavy (non-hydrogen) atoms.